The summed E-state index contributed by atoms with van der Waals surface area (Å²) in [7, 11) is 0. The number of rotatable bonds is 3. The van der Waals surface area contributed by atoms with Crippen molar-refractivity contribution in [1.29, 1.82) is 0 Å². The zero-order valence-corrected chi connectivity index (χ0v) is 11.7. The molecule has 1 saturated heterocycles. The van der Waals surface area contributed by atoms with Gasteiger partial charge in [-0.15, -0.1) is 10.2 Å². The fourth-order valence-electron chi connectivity index (χ4n) is 3.04. The van der Waals surface area contributed by atoms with Gasteiger partial charge in [-0.2, -0.15) is 5.21 Å². The van der Waals surface area contributed by atoms with Crippen molar-refractivity contribution < 1.29 is 9.21 Å². The number of carbonyl (C=O) groups excluding carboxylic acids is 1. The first kappa shape index (κ1) is 12.6. The van der Waals surface area contributed by atoms with E-state index >= 15 is 0 Å². The summed E-state index contributed by atoms with van der Waals surface area (Å²) in [5, 5.41) is 14.2. The van der Waals surface area contributed by atoms with Gasteiger partial charge in [0.1, 0.15) is 5.76 Å². The molecule has 2 fully saturated rings. The summed E-state index contributed by atoms with van der Waals surface area (Å²) in [6.07, 6.45) is 5.83. The van der Waals surface area contributed by atoms with Gasteiger partial charge in [-0.3, -0.25) is 4.79 Å². The minimum Gasteiger partial charge on any atom is -0.468 e. The topological polar surface area (TPSA) is 87.9 Å². The number of aromatic amines is 1. The van der Waals surface area contributed by atoms with E-state index in [1.807, 2.05) is 4.90 Å². The van der Waals surface area contributed by atoms with Crippen molar-refractivity contribution in [3.63, 3.8) is 0 Å². The lowest BCUT2D eigenvalue weighted by Gasteiger charge is -2.31. The quantitative estimate of drug-likeness (QED) is 0.928. The van der Waals surface area contributed by atoms with Crippen molar-refractivity contribution >= 4 is 5.91 Å². The number of nitrogens with one attached hydrogen (secondary N) is 1. The molecule has 110 valence electrons. The first-order valence-electron chi connectivity index (χ1n) is 7.43. The fraction of sp³-hybridized carbons (Fsp3) is 0.571. The van der Waals surface area contributed by atoms with Crippen molar-refractivity contribution in [1.82, 2.24) is 25.5 Å². The molecule has 1 atom stereocenters. The van der Waals surface area contributed by atoms with Crippen LogP contribution in [0.15, 0.2) is 16.7 Å². The molecule has 21 heavy (non-hydrogen) atoms. The maximum Gasteiger partial charge on any atom is 0.257 e. The molecule has 0 bridgehead atoms. The number of amides is 1. The van der Waals surface area contributed by atoms with Gasteiger partial charge in [-0.05, 0) is 31.7 Å². The zero-order chi connectivity index (χ0) is 14.2. The molecule has 7 nitrogen and oxygen atoms in total. The molecule has 7 heteroatoms. The van der Waals surface area contributed by atoms with Crippen molar-refractivity contribution in [3.8, 4) is 0 Å². The van der Waals surface area contributed by atoms with E-state index in [0.717, 1.165) is 43.6 Å². The van der Waals surface area contributed by atoms with E-state index in [9.17, 15) is 4.79 Å². The van der Waals surface area contributed by atoms with Crippen LogP contribution in [0.25, 0.3) is 0 Å². The van der Waals surface area contributed by atoms with E-state index in [1.54, 1.807) is 12.3 Å². The van der Waals surface area contributed by atoms with Crippen LogP contribution in [0.5, 0.6) is 0 Å². The van der Waals surface area contributed by atoms with Gasteiger partial charge in [-0.25, -0.2) is 0 Å². The molecular formula is C14H17N5O2. The molecule has 2 aromatic rings. The van der Waals surface area contributed by atoms with Crippen LogP contribution in [0.4, 0.5) is 0 Å². The molecule has 1 aliphatic heterocycles. The lowest BCUT2D eigenvalue weighted by atomic mass is 9.96. The number of piperidine rings is 1. The third-order valence-corrected chi connectivity index (χ3v) is 4.31. The van der Waals surface area contributed by atoms with Crippen LogP contribution < -0.4 is 0 Å². The Morgan fingerprint density at radius 1 is 1.33 bits per heavy atom. The number of hydrogen-bond donors (Lipinski definition) is 1. The third kappa shape index (κ3) is 2.32. The number of furan rings is 1. The Hall–Kier alpha value is -2.18. The SMILES string of the molecule is O=C(c1ccoc1C1CC1)N1CCCC(c2nn[nH]n2)C1. The Morgan fingerprint density at radius 3 is 3.00 bits per heavy atom. The standard InChI is InChI=1S/C14H17N5O2/c20-14(11-5-7-21-12(11)9-3-4-9)19-6-1-2-10(8-19)13-15-17-18-16-13/h5,7,9-10H,1-4,6,8H2,(H,15,16,17,18). The highest BCUT2D eigenvalue weighted by Crippen LogP contribution is 2.42. The van der Waals surface area contributed by atoms with Gasteiger partial charge in [0.2, 0.25) is 0 Å². The molecular weight excluding hydrogens is 270 g/mol. The van der Waals surface area contributed by atoms with E-state index in [2.05, 4.69) is 20.6 Å². The maximum atomic E-state index is 12.7. The second kappa shape index (κ2) is 4.98. The van der Waals surface area contributed by atoms with Gasteiger partial charge in [0, 0.05) is 24.9 Å². The van der Waals surface area contributed by atoms with E-state index < -0.39 is 0 Å². The normalized spacial score (nSPS) is 22.5. The Kier molecular flexibility index (Phi) is 2.98. The number of aromatic nitrogens is 4. The van der Waals surface area contributed by atoms with Crippen LogP contribution in [-0.2, 0) is 0 Å². The number of nitrogens with zero attached hydrogens (tertiary/aromatic N) is 4. The highest BCUT2D eigenvalue weighted by atomic mass is 16.3. The predicted molar refractivity (Wildman–Crippen MR) is 72.7 cm³/mol. The number of carbonyl (C=O) groups is 1. The van der Waals surface area contributed by atoms with Gasteiger partial charge in [-0.1, -0.05) is 5.21 Å². The Balaban J connectivity index is 1.52. The van der Waals surface area contributed by atoms with Crippen molar-refractivity contribution in [2.75, 3.05) is 13.1 Å². The summed E-state index contributed by atoms with van der Waals surface area (Å²) < 4.78 is 5.51. The van der Waals surface area contributed by atoms with E-state index in [0.29, 0.717) is 18.3 Å². The smallest absolute Gasteiger partial charge is 0.257 e. The van der Waals surface area contributed by atoms with Crippen molar-refractivity contribution in [2.24, 2.45) is 0 Å². The molecule has 2 aromatic heterocycles. The summed E-state index contributed by atoms with van der Waals surface area (Å²) in [6, 6.07) is 1.80. The first-order valence-corrected chi connectivity index (χ1v) is 7.43. The number of hydrogen-bond acceptors (Lipinski definition) is 5. The van der Waals surface area contributed by atoms with Gasteiger partial charge < -0.3 is 9.32 Å². The molecule has 1 saturated carbocycles. The fourth-order valence-corrected chi connectivity index (χ4v) is 3.04. The molecule has 1 aliphatic carbocycles. The zero-order valence-electron chi connectivity index (χ0n) is 11.7. The highest BCUT2D eigenvalue weighted by Gasteiger charge is 2.34. The second-order valence-electron chi connectivity index (χ2n) is 5.83. The summed E-state index contributed by atoms with van der Waals surface area (Å²) >= 11 is 0. The molecule has 3 heterocycles. The van der Waals surface area contributed by atoms with Crippen LogP contribution in [-0.4, -0.2) is 44.5 Å². The number of tetrazole rings is 1. The van der Waals surface area contributed by atoms with Crippen LogP contribution in [0.3, 0.4) is 0 Å². The van der Waals surface area contributed by atoms with Crippen LogP contribution in [0.1, 0.15) is 59.5 Å². The van der Waals surface area contributed by atoms with Gasteiger partial charge in [0.25, 0.3) is 5.91 Å². The Bertz CT molecular complexity index is 632. The Labute approximate surface area is 121 Å². The van der Waals surface area contributed by atoms with E-state index in [1.165, 1.54) is 0 Å². The van der Waals surface area contributed by atoms with Crippen LogP contribution >= 0.6 is 0 Å². The summed E-state index contributed by atoms with van der Waals surface area (Å²) in [4.78, 5) is 14.6. The molecule has 1 unspecified atom stereocenters. The lowest BCUT2D eigenvalue weighted by Crippen LogP contribution is -2.39. The highest BCUT2D eigenvalue weighted by molar-refractivity contribution is 5.95. The molecule has 1 amide bonds. The third-order valence-electron chi connectivity index (χ3n) is 4.31. The van der Waals surface area contributed by atoms with Crippen molar-refractivity contribution in [2.45, 2.75) is 37.5 Å². The molecule has 4 rings (SSSR count). The molecule has 0 aromatic carbocycles. The predicted octanol–water partition coefficient (Wildman–Crippen LogP) is 1.69. The largest absolute Gasteiger partial charge is 0.468 e. The number of H-pyrrole nitrogens is 1. The Morgan fingerprint density at radius 2 is 2.24 bits per heavy atom. The number of likely N-dealkylation sites (tertiary alicyclic amines) is 1. The van der Waals surface area contributed by atoms with E-state index in [4.69, 9.17) is 4.42 Å². The molecule has 0 spiro atoms. The van der Waals surface area contributed by atoms with Gasteiger partial charge in [0.05, 0.1) is 11.8 Å². The van der Waals surface area contributed by atoms with Crippen molar-refractivity contribution in [3.05, 3.63) is 29.5 Å². The van der Waals surface area contributed by atoms with Gasteiger partial charge in [0.15, 0.2) is 5.82 Å². The van der Waals surface area contributed by atoms with Gasteiger partial charge >= 0.3 is 0 Å². The maximum absolute atomic E-state index is 12.7. The van der Waals surface area contributed by atoms with E-state index in [-0.39, 0.29) is 11.8 Å². The summed E-state index contributed by atoms with van der Waals surface area (Å²) in [6.45, 7) is 1.43. The average molecular weight is 287 g/mol. The molecule has 2 aliphatic rings. The molecule has 0 radical (unpaired) electrons. The van der Waals surface area contributed by atoms with Crippen LogP contribution in [0.2, 0.25) is 0 Å². The monoisotopic (exact) mass is 287 g/mol. The lowest BCUT2D eigenvalue weighted by molar-refractivity contribution is 0.0702. The second-order valence-corrected chi connectivity index (χ2v) is 5.83. The average Bonchev–Trinajstić information content (AvgIpc) is 3.05. The summed E-state index contributed by atoms with van der Waals surface area (Å²) in [5.74, 6) is 2.23. The minimum absolute atomic E-state index is 0.0684. The molecule has 1 N–H and O–H groups in total. The first-order chi connectivity index (χ1) is 10.3. The minimum atomic E-state index is 0.0684. The van der Waals surface area contributed by atoms with Crippen LogP contribution in [0, 0.1) is 0 Å². The summed E-state index contributed by atoms with van der Waals surface area (Å²) in [5.41, 5.74) is 0.728.